The van der Waals surface area contributed by atoms with Gasteiger partial charge in [-0.05, 0) is 37.0 Å². The van der Waals surface area contributed by atoms with Crippen molar-refractivity contribution in [3.63, 3.8) is 0 Å². The quantitative estimate of drug-likeness (QED) is 0.688. The molecule has 3 heteroatoms. The van der Waals surface area contributed by atoms with Crippen molar-refractivity contribution in [3.05, 3.63) is 12.2 Å². The standard InChI is InChI=1S/C13H24O2Si/c1-13(2,3)16(4,5)15-12-8-6-7-11(14)9-10-12/h9-10,12H,6-8H2,1-5H3. The molecule has 0 radical (unpaired) electrons. The molecule has 0 spiro atoms. The second kappa shape index (κ2) is 4.84. The van der Waals surface area contributed by atoms with Gasteiger partial charge in [-0.15, -0.1) is 0 Å². The van der Waals surface area contributed by atoms with E-state index in [1.165, 1.54) is 0 Å². The van der Waals surface area contributed by atoms with Crippen LogP contribution in [0.1, 0.15) is 40.0 Å². The lowest BCUT2D eigenvalue weighted by Crippen LogP contribution is -2.43. The van der Waals surface area contributed by atoms with Crippen LogP contribution in [-0.4, -0.2) is 20.2 Å². The smallest absolute Gasteiger partial charge is 0.192 e. The molecular formula is C13H24O2Si. The van der Waals surface area contributed by atoms with Crippen LogP contribution in [0.25, 0.3) is 0 Å². The monoisotopic (exact) mass is 240 g/mol. The summed E-state index contributed by atoms with van der Waals surface area (Å²) >= 11 is 0. The van der Waals surface area contributed by atoms with E-state index in [-0.39, 0.29) is 16.9 Å². The maximum Gasteiger partial charge on any atom is 0.192 e. The molecule has 1 aliphatic rings. The molecule has 0 bridgehead atoms. The van der Waals surface area contributed by atoms with Gasteiger partial charge in [-0.2, -0.15) is 0 Å². The van der Waals surface area contributed by atoms with E-state index in [1.54, 1.807) is 6.08 Å². The zero-order valence-corrected chi connectivity index (χ0v) is 12.2. The maximum atomic E-state index is 11.3. The van der Waals surface area contributed by atoms with E-state index in [0.29, 0.717) is 6.42 Å². The highest BCUT2D eigenvalue weighted by Gasteiger charge is 2.38. The lowest BCUT2D eigenvalue weighted by atomic mass is 10.2. The Morgan fingerprint density at radius 3 is 2.56 bits per heavy atom. The van der Waals surface area contributed by atoms with Gasteiger partial charge in [-0.1, -0.05) is 26.8 Å². The molecule has 1 aliphatic carbocycles. The highest BCUT2D eigenvalue weighted by atomic mass is 28.4. The molecule has 0 aromatic heterocycles. The predicted molar refractivity (Wildman–Crippen MR) is 70.1 cm³/mol. The summed E-state index contributed by atoms with van der Waals surface area (Å²) in [7, 11) is -1.70. The second-order valence-corrected chi connectivity index (χ2v) is 10.9. The fraction of sp³-hybridized carbons (Fsp3) is 0.769. The number of carbonyl (C=O) groups is 1. The minimum absolute atomic E-state index is 0.146. The van der Waals surface area contributed by atoms with Gasteiger partial charge in [-0.3, -0.25) is 4.79 Å². The van der Waals surface area contributed by atoms with Gasteiger partial charge in [-0.25, -0.2) is 0 Å². The molecule has 1 rings (SSSR count). The molecule has 0 aromatic carbocycles. The van der Waals surface area contributed by atoms with Crippen LogP contribution in [0.3, 0.4) is 0 Å². The average Bonchev–Trinajstić information content (AvgIpc) is 2.28. The van der Waals surface area contributed by atoms with Gasteiger partial charge in [0.25, 0.3) is 0 Å². The van der Waals surface area contributed by atoms with Gasteiger partial charge < -0.3 is 4.43 Å². The summed E-state index contributed by atoms with van der Waals surface area (Å²) in [5.41, 5.74) is 0. The summed E-state index contributed by atoms with van der Waals surface area (Å²) in [5, 5.41) is 0.233. The van der Waals surface area contributed by atoms with E-state index in [2.05, 4.69) is 33.9 Å². The average molecular weight is 240 g/mol. The Balaban J connectivity index is 2.66. The fourth-order valence-corrected chi connectivity index (χ4v) is 2.83. The molecule has 0 aromatic rings. The number of ketones is 1. The Labute approximate surface area is 100 Å². The van der Waals surface area contributed by atoms with Gasteiger partial charge in [0.2, 0.25) is 0 Å². The van der Waals surface area contributed by atoms with Crippen molar-refractivity contribution in [3.8, 4) is 0 Å². The molecule has 16 heavy (non-hydrogen) atoms. The molecule has 0 fully saturated rings. The lowest BCUT2D eigenvalue weighted by molar-refractivity contribution is -0.114. The summed E-state index contributed by atoms with van der Waals surface area (Å²) in [5.74, 6) is 0.237. The van der Waals surface area contributed by atoms with Crippen LogP contribution < -0.4 is 0 Å². The Morgan fingerprint density at radius 2 is 2.00 bits per heavy atom. The first kappa shape index (κ1) is 13.7. The van der Waals surface area contributed by atoms with Gasteiger partial charge in [0.1, 0.15) is 0 Å². The molecule has 0 aliphatic heterocycles. The molecule has 2 nitrogen and oxygen atoms in total. The molecule has 92 valence electrons. The summed E-state index contributed by atoms with van der Waals surface area (Å²) in [6.45, 7) is 11.2. The maximum absolute atomic E-state index is 11.3. The summed E-state index contributed by atoms with van der Waals surface area (Å²) in [6.07, 6.45) is 6.40. The van der Waals surface area contributed by atoms with Gasteiger partial charge in [0.15, 0.2) is 14.1 Å². The topological polar surface area (TPSA) is 26.3 Å². The second-order valence-electron chi connectivity index (χ2n) is 6.13. The van der Waals surface area contributed by atoms with Gasteiger partial charge in [0.05, 0.1) is 6.10 Å². The Bertz CT molecular complexity index is 287. The largest absolute Gasteiger partial charge is 0.411 e. The Morgan fingerprint density at radius 1 is 1.38 bits per heavy atom. The van der Waals surface area contributed by atoms with Gasteiger partial charge >= 0.3 is 0 Å². The predicted octanol–water partition coefficient (Wildman–Crippen LogP) is 3.69. The van der Waals surface area contributed by atoms with E-state index in [4.69, 9.17) is 4.43 Å². The van der Waals surface area contributed by atoms with Crippen LogP contribution >= 0.6 is 0 Å². The molecule has 0 saturated carbocycles. The van der Waals surface area contributed by atoms with Crippen molar-refractivity contribution in [1.29, 1.82) is 0 Å². The first-order valence-electron chi connectivity index (χ1n) is 6.11. The number of rotatable bonds is 2. The zero-order chi connectivity index (χ0) is 12.4. The van der Waals surface area contributed by atoms with Crippen molar-refractivity contribution in [2.75, 3.05) is 0 Å². The van der Waals surface area contributed by atoms with Crippen molar-refractivity contribution in [1.82, 2.24) is 0 Å². The molecule has 0 amide bonds. The first-order chi connectivity index (χ1) is 7.22. The van der Waals surface area contributed by atoms with E-state index in [9.17, 15) is 4.79 Å². The third-order valence-electron chi connectivity index (χ3n) is 3.66. The Kier molecular flexibility index (Phi) is 4.13. The Hall–Kier alpha value is -0.413. The molecule has 1 atom stereocenters. The summed E-state index contributed by atoms with van der Waals surface area (Å²) < 4.78 is 6.27. The fourth-order valence-electron chi connectivity index (χ4n) is 1.53. The summed E-state index contributed by atoms with van der Waals surface area (Å²) in [6, 6.07) is 0. The van der Waals surface area contributed by atoms with Crippen molar-refractivity contribution < 1.29 is 9.22 Å². The number of carbonyl (C=O) groups excluding carboxylic acids is 1. The first-order valence-corrected chi connectivity index (χ1v) is 9.02. The van der Waals surface area contributed by atoms with Crippen LogP contribution in [0.5, 0.6) is 0 Å². The highest BCUT2D eigenvalue weighted by molar-refractivity contribution is 6.74. The molecule has 0 heterocycles. The van der Waals surface area contributed by atoms with E-state index in [1.807, 2.05) is 6.08 Å². The minimum Gasteiger partial charge on any atom is -0.411 e. The van der Waals surface area contributed by atoms with Crippen LogP contribution in [0.4, 0.5) is 0 Å². The van der Waals surface area contributed by atoms with Crippen LogP contribution in [0.15, 0.2) is 12.2 Å². The van der Waals surface area contributed by atoms with E-state index >= 15 is 0 Å². The summed E-state index contributed by atoms with van der Waals surface area (Å²) in [4.78, 5) is 11.3. The molecule has 0 N–H and O–H groups in total. The van der Waals surface area contributed by atoms with Crippen molar-refractivity contribution in [2.24, 2.45) is 0 Å². The van der Waals surface area contributed by atoms with Crippen LogP contribution in [-0.2, 0) is 9.22 Å². The van der Waals surface area contributed by atoms with Crippen molar-refractivity contribution >= 4 is 14.1 Å². The zero-order valence-electron chi connectivity index (χ0n) is 11.2. The van der Waals surface area contributed by atoms with Crippen LogP contribution in [0.2, 0.25) is 18.1 Å². The lowest BCUT2D eigenvalue weighted by Gasteiger charge is -2.38. The van der Waals surface area contributed by atoms with Crippen LogP contribution in [0, 0.1) is 0 Å². The highest BCUT2D eigenvalue weighted by Crippen LogP contribution is 2.38. The third kappa shape index (κ3) is 3.56. The SMILES string of the molecule is CC(C)(C)[Si](C)(C)OC1C=CC(=O)CCC1. The molecule has 0 saturated heterocycles. The third-order valence-corrected chi connectivity index (χ3v) is 8.17. The van der Waals surface area contributed by atoms with E-state index in [0.717, 1.165) is 12.8 Å². The van der Waals surface area contributed by atoms with Crippen molar-refractivity contribution in [2.45, 2.75) is 64.3 Å². The van der Waals surface area contributed by atoms with Gasteiger partial charge in [0, 0.05) is 6.42 Å². The minimum atomic E-state index is -1.70. The number of hydrogen-bond donors (Lipinski definition) is 0. The number of hydrogen-bond acceptors (Lipinski definition) is 2. The molecular weight excluding hydrogens is 216 g/mol. The number of allylic oxidation sites excluding steroid dienone is 1. The van der Waals surface area contributed by atoms with E-state index < -0.39 is 8.32 Å². The normalized spacial score (nSPS) is 23.3. The molecule has 1 unspecified atom stereocenters.